The Hall–Kier alpha value is -2.21. The molecule has 2 amide bonds. The fourth-order valence-electron chi connectivity index (χ4n) is 2.39. The second kappa shape index (κ2) is 8.59. The van der Waals surface area contributed by atoms with E-state index in [4.69, 9.17) is 9.47 Å². The van der Waals surface area contributed by atoms with Crippen LogP contribution in [0.4, 0.5) is 4.79 Å². The molecular weight excluding hydrogens is 324 g/mol. The minimum Gasteiger partial charge on any atom is -0.493 e. The zero-order chi connectivity index (χ0) is 17.5. The second-order valence-electron chi connectivity index (χ2n) is 5.42. The van der Waals surface area contributed by atoms with Crippen LogP contribution in [0.3, 0.4) is 0 Å². The maximum Gasteiger partial charge on any atom is 0.317 e. The van der Waals surface area contributed by atoms with Gasteiger partial charge in [0.1, 0.15) is 0 Å². The monoisotopic (exact) mass is 348 g/mol. The van der Waals surface area contributed by atoms with Gasteiger partial charge in [0, 0.05) is 17.5 Å². The van der Waals surface area contributed by atoms with Crippen molar-refractivity contribution in [2.75, 3.05) is 20.8 Å². The van der Waals surface area contributed by atoms with E-state index in [9.17, 15) is 4.79 Å². The third-order valence-electron chi connectivity index (χ3n) is 3.63. The molecule has 1 heterocycles. The van der Waals surface area contributed by atoms with E-state index < -0.39 is 0 Å². The number of carbonyl (C=O) groups excluding carboxylic acids is 1. The first-order valence-electron chi connectivity index (χ1n) is 7.90. The molecule has 24 heavy (non-hydrogen) atoms. The zero-order valence-corrected chi connectivity index (χ0v) is 15.4. The molecule has 0 fully saturated rings. The molecule has 0 aliphatic rings. The van der Waals surface area contributed by atoms with E-state index in [0.29, 0.717) is 24.7 Å². The second-order valence-corrected chi connectivity index (χ2v) is 6.40. The standard InChI is InChI=1S/C18H24N2O3S/c1-5-23-17-14(8-6-9-15(17)22-4)12-20(3)18(21)19-13(2)16-10-7-11-24-16/h6-11,13H,5,12H2,1-4H3,(H,19,21)/t13-/m0/s1. The van der Waals surface area contributed by atoms with Crippen molar-refractivity contribution >= 4 is 17.4 Å². The highest BCUT2D eigenvalue weighted by Gasteiger charge is 2.17. The van der Waals surface area contributed by atoms with Crippen LogP contribution in [-0.4, -0.2) is 31.7 Å². The van der Waals surface area contributed by atoms with E-state index in [-0.39, 0.29) is 12.1 Å². The number of ether oxygens (including phenoxy) is 2. The molecule has 1 aromatic heterocycles. The van der Waals surface area contributed by atoms with Gasteiger partial charge in [0.05, 0.1) is 26.3 Å². The number of thiophene rings is 1. The largest absolute Gasteiger partial charge is 0.493 e. The lowest BCUT2D eigenvalue weighted by atomic mass is 10.1. The average Bonchev–Trinajstić information content (AvgIpc) is 3.11. The normalized spacial score (nSPS) is 11.7. The summed E-state index contributed by atoms with van der Waals surface area (Å²) in [7, 11) is 3.38. The number of para-hydroxylation sites is 1. The number of benzene rings is 1. The lowest BCUT2D eigenvalue weighted by molar-refractivity contribution is 0.202. The minimum absolute atomic E-state index is 0.0170. The number of carbonyl (C=O) groups is 1. The highest BCUT2D eigenvalue weighted by Crippen LogP contribution is 2.31. The van der Waals surface area contributed by atoms with E-state index in [0.717, 1.165) is 10.4 Å². The average molecular weight is 348 g/mol. The van der Waals surface area contributed by atoms with E-state index in [1.165, 1.54) is 0 Å². The Balaban J connectivity index is 2.06. The van der Waals surface area contributed by atoms with Crippen molar-refractivity contribution in [3.05, 3.63) is 46.2 Å². The number of hydrogen-bond donors (Lipinski definition) is 1. The molecule has 0 radical (unpaired) electrons. The molecule has 1 aromatic carbocycles. The molecule has 0 aliphatic heterocycles. The van der Waals surface area contributed by atoms with Crippen LogP contribution in [0.5, 0.6) is 11.5 Å². The van der Waals surface area contributed by atoms with Gasteiger partial charge < -0.3 is 19.7 Å². The SMILES string of the molecule is CCOc1c(CN(C)C(=O)N[C@@H](C)c2cccs2)cccc1OC. The predicted octanol–water partition coefficient (Wildman–Crippen LogP) is 4.06. The molecule has 0 bridgehead atoms. The number of nitrogens with zero attached hydrogens (tertiary/aromatic N) is 1. The third-order valence-corrected chi connectivity index (χ3v) is 4.69. The van der Waals surface area contributed by atoms with Gasteiger partial charge in [-0.25, -0.2) is 4.79 Å². The first-order valence-corrected chi connectivity index (χ1v) is 8.78. The van der Waals surface area contributed by atoms with Crippen LogP contribution in [0.25, 0.3) is 0 Å². The molecule has 0 saturated carbocycles. The number of urea groups is 1. The van der Waals surface area contributed by atoms with E-state index >= 15 is 0 Å². The summed E-state index contributed by atoms with van der Waals surface area (Å²) >= 11 is 1.63. The fraction of sp³-hybridized carbons (Fsp3) is 0.389. The molecule has 5 nitrogen and oxygen atoms in total. The Kier molecular flexibility index (Phi) is 6.49. The van der Waals surface area contributed by atoms with Crippen LogP contribution in [0, 0.1) is 0 Å². The van der Waals surface area contributed by atoms with Gasteiger partial charge in [-0.1, -0.05) is 18.2 Å². The lowest BCUT2D eigenvalue weighted by Crippen LogP contribution is -2.38. The fourth-order valence-corrected chi connectivity index (χ4v) is 3.12. The third kappa shape index (κ3) is 4.41. The van der Waals surface area contributed by atoms with Crippen molar-refractivity contribution in [3.8, 4) is 11.5 Å². The first kappa shape index (κ1) is 18.1. The summed E-state index contributed by atoms with van der Waals surface area (Å²) in [5.74, 6) is 1.36. The molecule has 1 N–H and O–H groups in total. The van der Waals surface area contributed by atoms with Gasteiger partial charge in [0.2, 0.25) is 0 Å². The molecule has 0 unspecified atom stereocenters. The molecule has 130 valence electrons. The Morgan fingerprint density at radius 1 is 1.33 bits per heavy atom. The first-order chi connectivity index (χ1) is 11.6. The van der Waals surface area contributed by atoms with E-state index in [1.54, 1.807) is 30.4 Å². The Morgan fingerprint density at radius 2 is 2.12 bits per heavy atom. The highest BCUT2D eigenvalue weighted by molar-refractivity contribution is 7.10. The quantitative estimate of drug-likeness (QED) is 0.821. The summed E-state index contributed by atoms with van der Waals surface area (Å²) < 4.78 is 11.0. The van der Waals surface area contributed by atoms with Crippen molar-refractivity contribution in [1.82, 2.24) is 10.2 Å². The number of amides is 2. The van der Waals surface area contributed by atoms with Crippen LogP contribution >= 0.6 is 11.3 Å². The van der Waals surface area contributed by atoms with Crippen LogP contribution in [0.2, 0.25) is 0 Å². The van der Waals surface area contributed by atoms with Crippen LogP contribution in [-0.2, 0) is 6.54 Å². The summed E-state index contributed by atoms with van der Waals surface area (Å²) in [4.78, 5) is 15.2. The Bertz CT molecular complexity index is 658. The van der Waals surface area contributed by atoms with Gasteiger partial charge in [0.25, 0.3) is 0 Å². The summed E-state index contributed by atoms with van der Waals surface area (Å²) in [6.07, 6.45) is 0. The number of methoxy groups -OCH3 is 1. The van der Waals surface area contributed by atoms with Gasteiger partial charge in [-0.15, -0.1) is 11.3 Å². The number of rotatable bonds is 7. The predicted molar refractivity (Wildman–Crippen MR) is 96.9 cm³/mol. The number of hydrogen-bond acceptors (Lipinski definition) is 4. The number of nitrogens with one attached hydrogen (secondary N) is 1. The molecule has 2 rings (SSSR count). The van der Waals surface area contributed by atoms with E-state index in [2.05, 4.69) is 5.32 Å². The molecule has 6 heteroatoms. The van der Waals surface area contributed by atoms with Gasteiger partial charge >= 0.3 is 6.03 Å². The summed E-state index contributed by atoms with van der Waals surface area (Å²) in [6.45, 7) is 4.89. The lowest BCUT2D eigenvalue weighted by Gasteiger charge is -2.22. The molecule has 1 atom stereocenters. The van der Waals surface area contributed by atoms with Crippen molar-refractivity contribution < 1.29 is 14.3 Å². The van der Waals surface area contributed by atoms with Crippen molar-refractivity contribution in [2.45, 2.75) is 26.4 Å². The molecular formula is C18H24N2O3S. The van der Waals surface area contributed by atoms with Gasteiger partial charge in [-0.3, -0.25) is 0 Å². The molecule has 0 aliphatic carbocycles. The van der Waals surface area contributed by atoms with Crippen molar-refractivity contribution in [1.29, 1.82) is 0 Å². The van der Waals surface area contributed by atoms with Crippen molar-refractivity contribution in [3.63, 3.8) is 0 Å². The maximum atomic E-state index is 12.4. The van der Waals surface area contributed by atoms with Gasteiger partial charge in [-0.05, 0) is 31.4 Å². The van der Waals surface area contributed by atoms with Crippen LogP contribution < -0.4 is 14.8 Å². The molecule has 0 saturated heterocycles. The van der Waals surface area contributed by atoms with E-state index in [1.807, 2.05) is 49.6 Å². The van der Waals surface area contributed by atoms with Crippen LogP contribution in [0.1, 0.15) is 30.3 Å². The Labute approximate surface area is 147 Å². The maximum absolute atomic E-state index is 12.4. The van der Waals surface area contributed by atoms with Gasteiger partial charge in [0.15, 0.2) is 11.5 Å². The highest BCUT2D eigenvalue weighted by atomic mass is 32.1. The molecule has 0 spiro atoms. The van der Waals surface area contributed by atoms with Gasteiger partial charge in [-0.2, -0.15) is 0 Å². The summed E-state index contributed by atoms with van der Waals surface area (Å²) in [5.41, 5.74) is 0.914. The minimum atomic E-state index is -0.124. The smallest absolute Gasteiger partial charge is 0.317 e. The summed E-state index contributed by atoms with van der Waals surface area (Å²) in [5, 5.41) is 5.01. The van der Waals surface area contributed by atoms with Crippen LogP contribution in [0.15, 0.2) is 35.7 Å². The summed E-state index contributed by atoms with van der Waals surface area (Å²) in [6, 6.07) is 9.56. The topological polar surface area (TPSA) is 50.8 Å². The molecule has 2 aromatic rings. The van der Waals surface area contributed by atoms with Crippen molar-refractivity contribution in [2.24, 2.45) is 0 Å². The Morgan fingerprint density at radius 3 is 2.75 bits per heavy atom. The zero-order valence-electron chi connectivity index (χ0n) is 14.5.